The molecule has 1 amide bonds. The molecular formula is C11H10ClNO3. The number of carboxylic acids is 1. The number of halogens is 1. The van der Waals surface area contributed by atoms with Crippen LogP contribution in [0.4, 0.5) is 0 Å². The molecule has 4 nitrogen and oxygen atoms in total. The van der Waals surface area contributed by atoms with E-state index in [4.69, 9.17) is 16.7 Å². The zero-order chi connectivity index (χ0) is 12.0. The Balaban J connectivity index is 2.46. The van der Waals surface area contributed by atoms with Crippen LogP contribution >= 0.6 is 11.6 Å². The van der Waals surface area contributed by atoms with E-state index in [-0.39, 0.29) is 0 Å². The Hall–Kier alpha value is -1.81. The highest BCUT2D eigenvalue weighted by Crippen LogP contribution is 2.10. The molecule has 0 bridgehead atoms. The van der Waals surface area contributed by atoms with E-state index in [9.17, 15) is 9.59 Å². The first-order valence-electron chi connectivity index (χ1n) is 4.51. The van der Waals surface area contributed by atoms with Gasteiger partial charge < -0.3 is 10.4 Å². The summed E-state index contributed by atoms with van der Waals surface area (Å²) in [6.07, 6.45) is 1.75. The third-order valence-electron chi connectivity index (χ3n) is 1.73. The lowest BCUT2D eigenvalue weighted by atomic mass is 10.2. The Morgan fingerprint density at radius 3 is 2.75 bits per heavy atom. The van der Waals surface area contributed by atoms with Gasteiger partial charge in [-0.05, 0) is 17.7 Å². The van der Waals surface area contributed by atoms with Crippen LogP contribution in [-0.4, -0.2) is 17.0 Å². The van der Waals surface area contributed by atoms with Crippen molar-refractivity contribution >= 4 is 23.5 Å². The molecule has 84 valence electrons. The number of rotatable bonds is 4. The predicted octanol–water partition coefficient (Wildman–Crippen LogP) is 1.60. The molecule has 1 rings (SSSR count). The van der Waals surface area contributed by atoms with Crippen molar-refractivity contribution in [3.63, 3.8) is 0 Å². The van der Waals surface area contributed by atoms with E-state index >= 15 is 0 Å². The van der Waals surface area contributed by atoms with Gasteiger partial charge in [0.1, 0.15) is 0 Å². The molecule has 5 heteroatoms. The lowest BCUT2D eigenvalue weighted by Crippen LogP contribution is -2.20. The summed E-state index contributed by atoms with van der Waals surface area (Å²) in [5.41, 5.74) is 0.851. The molecule has 0 heterocycles. The molecule has 0 aliphatic heterocycles. The Kier molecular flexibility index (Phi) is 4.54. The first-order valence-corrected chi connectivity index (χ1v) is 4.89. The number of nitrogens with one attached hydrogen (secondary N) is 1. The Morgan fingerprint density at radius 1 is 1.38 bits per heavy atom. The van der Waals surface area contributed by atoms with Gasteiger partial charge in [0.15, 0.2) is 0 Å². The van der Waals surface area contributed by atoms with Crippen LogP contribution in [0.25, 0.3) is 0 Å². The zero-order valence-corrected chi connectivity index (χ0v) is 9.07. The molecule has 0 fully saturated rings. The van der Waals surface area contributed by atoms with Gasteiger partial charge in [-0.3, -0.25) is 4.79 Å². The van der Waals surface area contributed by atoms with Gasteiger partial charge in [0.2, 0.25) is 5.91 Å². The first kappa shape index (κ1) is 12.3. The summed E-state index contributed by atoms with van der Waals surface area (Å²) in [5.74, 6) is -1.61. The van der Waals surface area contributed by atoms with Gasteiger partial charge in [0, 0.05) is 23.7 Å². The molecule has 0 spiro atoms. The fourth-order valence-electron chi connectivity index (χ4n) is 1.04. The van der Waals surface area contributed by atoms with Gasteiger partial charge in [-0.1, -0.05) is 23.7 Å². The van der Waals surface area contributed by atoms with E-state index in [1.807, 2.05) is 6.07 Å². The van der Waals surface area contributed by atoms with Crippen molar-refractivity contribution in [1.82, 2.24) is 5.32 Å². The number of benzene rings is 1. The number of carboxylic acid groups (broad SMARTS) is 1. The summed E-state index contributed by atoms with van der Waals surface area (Å²) in [6.45, 7) is 0.309. The lowest BCUT2D eigenvalue weighted by molar-refractivity contribution is -0.131. The van der Waals surface area contributed by atoms with Gasteiger partial charge >= 0.3 is 5.97 Å². The molecule has 0 aliphatic carbocycles. The Labute approximate surface area is 97.5 Å². The number of hydrogen-bond donors (Lipinski definition) is 2. The smallest absolute Gasteiger partial charge is 0.328 e. The Morgan fingerprint density at radius 2 is 2.12 bits per heavy atom. The highest BCUT2D eigenvalue weighted by atomic mass is 35.5. The van der Waals surface area contributed by atoms with E-state index in [1.165, 1.54) is 0 Å². The SMILES string of the molecule is O=C(O)C=CC(=O)NCc1cccc(Cl)c1. The molecule has 0 aliphatic rings. The van der Waals surface area contributed by atoms with E-state index < -0.39 is 11.9 Å². The van der Waals surface area contributed by atoms with Crippen molar-refractivity contribution in [2.24, 2.45) is 0 Å². The number of amides is 1. The molecular weight excluding hydrogens is 230 g/mol. The number of aliphatic carboxylic acids is 1. The average molecular weight is 240 g/mol. The largest absolute Gasteiger partial charge is 0.478 e. The maximum Gasteiger partial charge on any atom is 0.328 e. The third kappa shape index (κ3) is 4.61. The van der Waals surface area contributed by atoms with Crippen LogP contribution in [0.5, 0.6) is 0 Å². The van der Waals surface area contributed by atoms with E-state index in [2.05, 4.69) is 5.32 Å². The number of carbonyl (C=O) groups is 2. The second-order valence-electron chi connectivity index (χ2n) is 3.02. The second kappa shape index (κ2) is 5.92. The maximum absolute atomic E-state index is 11.1. The summed E-state index contributed by atoms with van der Waals surface area (Å²) >= 11 is 5.76. The zero-order valence-electron chi connectivity index (χ0n) is 8.31. The van der Waals surface area contributed by atoms with Crippen molar-refractivity contribution < 1.29 is 14.7 Å². The van der Waals surface area contributed by atoms with Gasteiger partial charge in [-0.2, -0.15) is 0 Å². The van der Waals surface area contributed by atoms with Gasteiger partial charge in [0.25, 0.3) is 0 Å². The quantitative estimate of drug-likeness (QED) is 0.785. The minimum absolute atomic E-state index is 0.309. The van der Waals surface area contributed by atoms with Crippen LogP contribution in [-0.2, 0) is 16.1 Å². The third-order valence-corrected chi connectivity index (χ3v) is 1.97. The normalized spacial score (nSPS) is 10.3. The fourth-order valence-corrected chi connectivity index (χ4v) is 1.25. The topological polar surface area (TPSA) is 66.4 Å². The maximum atomic E-state index is 11.1. The Bertz CT molecular complexity index is 429. The molecule has 0 atom stereocenters. The first-order chi connectivity index (χ1) is 7.58. The lowest BCUT2D eigenvalue weighted by Gasteiger charge is -2.02. The van der Waals surface area contributed by atoms with E-state index in [0.29, 0.717) is 11.6 Å². The number of hydrogen-bond acceptors (Lipinski definition) is 2. The molecule has 0 saturated heterocycles. The van der Waals surface area contributed by atoms with Crippen LogP contribution in [0.15, 0.2) is 36.4 Å². The highest BCUT2D eigenvalue weighted by molar-refractivity contribution is 6.30. The molecule has 0 saturated carbocycles. The van der Waals surface area contributed by atoms with Gasteiger partial charge in [0.05, 0.1) is 0 Å². The van der Waals surface area contributed by atoms with Crippen LogP contribution in [0.2, 0.25) is 5.02 Å². The summed E-state index contributed by atoms with van der Waals surface area (Å²) in [4.78, 5) is 21.2. The van der Waals surface area contributed by atoms with Crippen molar-refractivity contribution in [3.8, 4) is 0 Å². The average Bonchev–Trinajstić information content (AvgIpc) is 2.23. The molecule has 1 aromatic rings. The molecule has 1 aromatic carbocycles. The minimum atomic E-state index is -1.15. The van der Waals surface area contributed by atoms with Crippen molar-refractivity contribution in [2.75, 3.05) is 0 Å². The monoisotopic (exact) mass is 239 g/mol. The van der Waals surface area contributed by atoms with E-state index in [0.717, 1.165) is 17.7 Å². The van der Waals surface area contributed by atoms with Gasteiger partial charge in [-0.25, -0.2) is 4.79 Å². The minimum Gasteiger partial charge on any atom is -0.478 e. The van der Waals surface area contributed by atoms with Crippen molar-refractivity contribution in [3.05, 3.63) is 47.0 Å². The van der Waals surface area contributed by atoms with Crippen LogP contribution in [0.3, 0.4) is 0 Å². The van der Waals surface area contributed by atoms with Crippen molar-refractivity contribution in [2.45, 2.75) is 6.54 Å². The standard InChI is InChI=1S/C11H10ClNO3/c12-9-3-1-2-8(6-9)7-13-10(14)4-5-11(15)16/h1-6H,7H2,(H,13,14)(H,15,16). The van der Waals surface area contributed by atoms with Crippen LogP contribution in [0.1, 0.15) is 5.56 Å². The second-order valence-corrected chi connectivity index (χ2v) is 3.46. The number of carbonyl (C=O) groups excluding carboxylic acids is 1. The summed E-state index contributed by atoms with van der Waals surface area (Å²) < 4.78 is 0. The highest BCUT2D eigenvalue weighted by Gasteiger charge is 1.98. The predicted molar refractivity (Wildman–Crippen MR) is 60.1 cm³/mol. The molecule has 0 aromatic heterocycles. The molecule has 16 heavy (non-hydrogen) atoms. The fraction of sp³-hybridized carbons (Fsp3) is 0.0909. The molecule has 2 N–H and O–H groups in total. The van der Waals surface area contributed by atoms with Crippen LogP contribution < -0.4 is 5.32 Å². The van der Waals surface area contributed by atoms with Crippen molar-refractivity contribution in [1.29, 1.82) is 0 Å². The molecule has 0 radical (unpaired) electrons. The summed E-state index contributed by atoms with van der Waals surface area (Å²) in [5, 5.41) is 11.4. The van der Waals surface area contributed by atoms with E-state index in [1.54, 1.807) is 18.2 Å². The summed E-state index contributed by atoms with van der Waals surface area (Å²) in [7, 11) is 0. The summed E-state index contributed by atoms with van der Waals surface area (Å²) in [6, 6.07) is 7.05. The molecule has 0 unspecified atom stereocenters. The van der Waals surface area contributed by atoms with Gasteiger partial charge in [-0.15, -0.1) is 0 Å². The van der Waals surface area contributed by atoms with Crippen LogP contribution in [0, 0.1) is 0 Å².